The molecule has 4 heterocycles. The molecule has 0 unspecified atom stereocenters. The van der Waals surface area contributed by atoms with Crippen LogP contribution in [-0.2, 0) is 13.0 Å². The molecule has 9 heteroatoms. The van der Waals surface area contributed by atoms with Gasteiger partial charge in [-0.15, -0.1) is 10.2 Å². The summed E-state index contributed by atoms with van der Waals surface area (Å²) in [7, 11) is 0. The molecule has 2 aliphatic rings. The van der Waals surface area contributed by atoms with Gasteiger partial charge in [0.1, 0.15) is 17.3 Å². The summed E-state index contributed by atoms with van der Waals surface area (Å²) in [4.78, 5) is 31.8. The lowest BCUT2D eigenvalue weighted by Gasteiger charge is -2.25. The monoisotopic (exact) mass is 420 g/mol. The van der Waals surface area contributed by atoms with Crippen molar-refractivity contribution in [1.29, 1.82) is 0 Å². The summed E-state index contributed by atoms with van der Waals surface area (Å²) in [6.45, 7) is 3.66. The minimum absolute atomic E-state index is 0.0714. The molecule has 1 aromatic carbocycles. The maximum absolute atomic E-state index is 13.4. The average Bonchev–Trinajstić information content (AvgIpc) is 3.34. The number of anilines is 1. The van der Waals surface area contributed by atoms with E-state index >= 15 is 0 Å². The van der Waals surface area contributed by atoms with Gasteiger partial charge >= 0.3 is 0 Å². The van der Waals surface area contributed by atoms with Crippen molar-refractivity contribution >= 4 is 17.5 Å². The molecule has 2 atom stereocenters. The SMILES string of the molecule is Cc1cccc(C(=O)N2C[C@H]3Cc4nnc(C(=O)Nc5cccc(F)c5)n4C[C@H]3C2)n1. The molecule has 2 aromatic heterocycles. The third-order valence-electron chi connectivity index (χ3n) is 5.95. The lowest BCUT2D eigenvalue weighted by molar-refractivity contribution is 0.0777. The van der Waals surface area contributed by atoms with Crippen LogP contribution in [0.25, 0.3) is 0 Å². The second-order valence-electron chi connectivity index (χ2n) is 8.11. The first-order valence-electron chi connectivity index (χ1n) is 10.2. The molecule has 1 N–H and O–H groups in total. The molecule has 1 fully saturated rings. The van der Waals surface area contributed by atoms with E-state index in [9.17, 15) is 14.0 Å². The quantitative estimate of drug-likeness (QED) is 0.702. The summed E-state index contributed by atoms with van der Waals surface area (Å²) in [5.41, 5.74) is 1.62. The number of nitrogens with one attached hydrogen (secondary N) is 1. The highest BCUT2D eigenvalue weighted by Gasteiger charge is 2.41. The highest BCUT2D eigenvalue weighted by atomic mass is 19.1. The van der Waals surface area contributed by atoms with Crippen LogP contribution in [0.1, 0.15) is 32.6 Å². The van der Waals surface area contributed by atoms with Gasteiger partial charge < -0.3 is 14.8 Å². The fourth-order valence-corrected chi connectivity index (χ4v) is 4.44. The summed E-state index contributed by atoms with van der Waals surface area (Å²) < 4.78 is 15.2. The molecule has 3 aromatic rings. The van der Waals surface area contributed by atoms with Crippen LogP contribution in [0.15, 0.2) is 42.5 Å². The average molecular weight is 420 g/mol. The second kappa shape index (κ2) is 7.57. The van der Waals surface area contributed by atoms with Gasteiger partial charge in [-0.1, -0.05) is 12.1 Å². The number of hydrogen-bond acceptors (Lipinski definition) is 5. The maximum Gasteiger partial charge on any atom is 0.293 e. The number of benzene rings is 1. The number of pyridine rings is 1. The van der Waals surface area contributed by atoms with Crippen LogP contribution in [0.4, 0.5) is 10.1 Å². The van der Waals surface area contributed by atoms with Gasteiger partial charge in [0.25, 0.3) is 11.8 Å². The molecule has 5 rings (SSSR count). The van der Waals surface area contributed by atoms with Crippen LogP contribution >= 0.6 is 0 Å². The van der Waals surface area contributed by atoms with Crippen molar-refractivity contribution in [2.75, 3.05) is 18.4 Å². The highest BCUT2D eigenvalue weighted by Crippen LogP contribution is 2.33. The molecule has 2 amide bonds. The summed E-state index contributed by atoms with van der Waals surface area (Å²) in [5, 5.41) is 10.9. The Morgan fingerprint density at radius 2 is 1.87 bits per heavy atom. The smallest absolute Gasteiger partial charge is 0.293 e. The second-order valence-corrected chi connectivity index (χ2v) is 8.11. The predicted octanol–water partition coefficient (Wildman–Crippen LogP) is 2.32. The Bertz CT molecular complexity index is 1180. The maximum atomic E-state index is 13.4. The van der Waals surface area contributed by atoms with Crippen LogP contribution < -0.4 is 5.32 Å². The predicted molar refractivity (Wildman–Crippen MR) is 110 cm³/mol. The third-order valence-corrected chi connectivity index (χ3v) is 5.95. The standard InChI is InChI=1S/C22H21FN6O2/c1-13-4-2-7-18(24-13)22(31)28-10-14-8-19-26-27-20(29(19)12-15(14)11-28)21(30)25-17-6-3-5-16(23)9-17/h2-7,9,14-15H,8,10-12H2,1H3,(H,25,30)/t14-,15-/m1/s1. The molecule has 0 spiro atoms. The largest absolute Gasteiger partial charge is 0.337 e. The molecule has 2 aliphatic heterocycles. The number of aromatic nitrogens is 4. The van der Waals surface area contributed by atoms with Gasteiger partial charge in [0.2, 0.25) is 5.82 Å². The topological polar surface area (TPSA) is 93.0 Å². The first kappa shape index (κ1) is 19.3. The number of carbonyl (C=O) groups is 2. The zero-order chi connectivity index (χ0) is 21.5. The minimum Gasteiger partial charge on any atom is -0.337 e. The molecule has 0 aliphatic carbocycles. The van der Waals surface area contributed by atoms with Crippen molar-refractivity contribution in [2.24, 2.45) is 11.8 Å². The van der Waals surface area contributed by atoms with Crippen molar-refractivity contribution in [2.45, 2.75) is 19.9 Å². The van der Waals surface area contributed by atoms with E-state index in [-0.39, 0.29) is 23.6 Å². The number of amides is 2. The van der Waals surface area contributed by atoms with Gasteiger partial charge in [-0.3, -0.25) is 9.59 Å². The molecule has 158 valence electrons. The Labute approximate surface area is 178 Å². The van der Waals surface area contributed by atoms with Gasteiger partial charge in [-0.2, -0.15) is 0 Å². The van der Waals surface area contributed by atoms with Crippen LogP contribution in [0.5, 0.6) is 0 Å². The summed E-state index contributed by atoms with van der Waals surface area (Å²) in [6, 6.07) is 11.1. The van der Waals surface area contributed by atoms with Crippen molar-refractivity contribution < 1.29 is 14.0 Å². The van der Waals surface area contributed by atoms with E-state index < -0.39 is 11.7 Å². The van der Waals surface area contributed by atoms with E-state index in [2.05, 4.69) is 20.5 Å². The number of fused-ring (bicyclic) bond motifs is 2. The highest BCUT2D eigenvalue weighted by molar-refractivity contribution is 6.01. The van der Waals surface area contributed by atoms with Gasteiger partial charge in [0.15, 0.2) is 0 Å². The van der Waals surface area contributed by atoms with Crippen LogP contribution in [0, 0.1) is 24.6 Å². The van der Waals surface area contributed by atoms with Crippen molar-refractivity contribution in [3.8, 4) is 0 Å². The molecule has 0 bridgehead atoms. The number of hydrogen-bond donors (Lipinski definition) is 1. The van der Waals surface area contributed by atoms with Crippen LogP contribution in [0.3, 0.4) is 0 Å². The molecular formula is C22H21FN6O2. The van der Waals surface area contributed by atoms with Crippen molar-refractivity contribution in [3.05, 3.63) is 71.3 Å². The zero-order valence-electron chi connectivity index (χ0n) is 17.0. The van der Waals surface area contributed by atoms with Gasteiger partial charge in [-0.05, 0) is 49.1 Å². The van der Waals surface area contributed by atoms with E-state index in [1.54, 1.807) is 12.1 Å². The molecular weight excluding hydrogens is 399 g/mol. The first-order chi connectivity index (χ1) is 15.0. The van der Waals surface area contributed by atoms with E-state index in [0.29, 0.717) is 37.4 Å². The molecule has 0 saturated carbocycles. The van der Waals surface area contributed by atoms with Gasteiger partial charge in [-0.25, -0.2) is 9.37 Å². The number of aryl methyl sites for hydroxylation is 1. The number of nitrogens with zero attached hydrogens (tertiary/aromatic N) is 5. The lowest BCUT2D eigenvalue weighted by atomic mass is 9.89. The van der Waals surface area contributed by atoms with E-state index in [0.717, 1.165) is 11.5 Å². The Balaban J connectivity index is 1.31. The summed E-state index contributed by atoms with van der Waals surface area (Å²) in [5.74, 6) is 0.470. The first-order valence-corrected chi connectivity index (χ1v) is 10.2. The fourth-order valence-electron chi connectivity index (χ4n) is 4.44. The van der Waals surface area contributed by atoms with Gasteiger partial charge in [0, 0.05) is 37.4 Å². The zero-order valence-corrected chi connectivity index (χ0v) is 17.0. The Morgan fingerprint density at radius 1 is 1.06 bits per heavy atom. The van der Waals surface area contributed by atoms with E-state index in [1.807, 2.05) is 28.5 Å². The Kier molecular flexibility index (Phi) is 4.72. The van der Waals surface area contributed by atoms with Crippen LogP contribution in [0.2, 0.25) is 0 Å². The molecule has 1 saturated heterocycles. The van der Waals surface area contributed by atoms with Crippen molar-refractivity contribution in [3.63, 3.8) is 0 Å². The molecule has 31 heavy (non-hydrogen) atoms. The molecule has 0 radical (unpaired) electrons. The van der Waals surface area contributed by atoms with Crippen LogP contribution in [-0.4, -0.2) is 49.6 Å². The number of halogens is 1. The molecule has 8 nitrogen and oxygen atoms in total. The Morgan fingerprint density at radius 3 is 2.68 bits per heavy atom. The third kappa shape index (κ3) is 3.67. The minimum atomic E-state index is -0.433. The number of rotatable bonds is 3. The number of carbonyl (C=O) groups excluding carboxylic acids is 2. The fraction of sp³-hybridized carbons (Fsp3) is 0.318. The lowest BCUT2D eigenvalue weighted by Crippen LogP contribution is -2.31. The van der Waals surface area contributed by atoms with Gasteiger partial charge in [0.05, 0.1) is 0 Å². The summed E-state index contributed by atoms with van der Waals surface area (Å²) >= 11 is 0. The van der Waals surface area contributed by atoms with Crippen molar-refractivity contribution in [1.82, 2.24) is 24.6 Å². The van der Waals surface area contributed by atoms with E-state index in [1.165, 1.54) is 18.2 Å². The van der Waals surface area contributed by atoms with E-state index in [4.69, 9.17) is 0 Å². The normalized spacial score (nSPS) is 19.6. The summed E-state index contributed by atoms with van der Waals surface area (Å²) in [6.07, 6.45) is 0.649. The Hall–Kier alpha value is -3.62. The number of likely N-dealkylation sites (tertiary alicyclic amines) is 1.